The van der Waals surface area contributed by atoms with Gasteiger partial charge in [0.2, 0.25) is 5.91 Å². The third kappa shape index (κ3) is 3.55. The molecule has 3 N–H and O–H groups in total. The first-order valence-corrected chi connectivity index (χ1v) is 12.0. The molecule has 0 bridgehead atoms. The number of hydrogen-bond acceptors (Lipinski definition) is 5. The van der Waals surface area contributed by atoms with E-state index in [0.29, 0.717) is 0 Å². The van der Waals surface area contributed by atoms with E-state index < -0.39 is 11.3 Å². The Morgan fingerprint density at radius 2 is 1.94 bits per heavy atom. The van der Waals surface area contributed by atoms with Crippen molar-refractivity contribution in [2.24, 2.45) is 0 Å². The third-order valence-electron chi connectivity index (χ3n) is 6.38. The molecule has 0 aliphatic carbocycles. The molecular weight excluding hydrogens is 434 g/mol. The first-order chi connectivity index (χ1) is 16.2. The molecule has 4 heterocycles. The molecule has 0 radical (unpaired) electrons. The van der Waals surface area contributed by atoms with Gasteiger partial charge in [0.15, 0.2) is 0 Å². The zero-order valence-electron chi connectivity index (χ0n) is 17.8. The van der Waals surface area contributed by atoms with Crippen molar-refractivity contribution in [1.29, 1.82) is 0 Å². The molecule has 166 valence electrons. The predicted octanol–water partition coefficient (Wildman–Crippen LogP) is 3.60. The Bertz CT molecular complexity index is 1230. The fraction of sp³-hybridized carbons (Fsp3) is 0.240. The van der Waals surface area contributed by atoms with Crippen LogP contribution in [-0.4, -0.2) is 41.3 Å². The van der Waals surface area contributed by atoms with Gasteiger partial charge in [0.1, 0.15) is 10.3 Å². The SMILES string of the molecule is O=C(NC1CCNC1)[C@@H]1Sc2nccc3c2C1NC(=O)N3c1cccc(-c2ccccc2)c1. The van der Waals surface area contributed by atoms with Crippen molar-refractivity contribution in [3.05, 3.63) is 72.4 Å². The van der Waals surface area contributed by atoms with Crippen LogP contribution in [0.15, 0.2) is 71.9 Å². The summed E-state index contributed by atoms with van der Waals surface area (Å²) in [7, 11) is 0. The predicted molar refractivity (Wildman–Crippen MR) is 129 cm³/mol. The number of thioether (sulfide) groups is 1. The van der Waals surface area contributed by atoms with Crippen LogP contribution in [0.2, 0.25) is 0 Å². The zero-order valence-corrected chi connectivity index (χ0v) is 18.6. The zero-order chi connectivity index (χ0) is 22.4. The maximum absolute atomic E-state index is 13.4. The Labute approximate surface area is 196 Å². The molecule has 3 atom stereocenters. The van der Waals surface area contributed by atoms with Crippen LogP contribution < -0.4 is 20.9 Å². The van der Waals surface area contributed by atoms with Gasteiger partial charge in [-0.2, -0.15) is 0 Å². The summed E-state index contributed by atoms with van der Waals surface area (Å²) in [6.45, 7) is 1.69. The maximum Gasteiger partial charge on any atom is 0.327 e. The highest BCUT2D eigenvalue weighted by atomic mass is 32.2. The van der Waals surface area contributed by atoms with Crippen LogP contribution >= 0.6 is 11.8 Å². The van der Waals surface area contributed by atoms with Gasteiger partial charge in [-0.3, -0.25) is 9.69 Å². The summed E-state index contributed by atoms with van der Waals surface area (Å²) in [6, 6.07) is 19.4. The number of anilines is 2. The van der Waals surface area contributed by atoms with Crippen molar-refractivity contribution in [3.63, 3.8) is 0 Å². The average Bonchev–Trinajstić information content (AvgIpc) is 3.49. The van der Waals surface area contributed by atoms with Gasteiger partial charge in [-0.25, -0.2) is 9.78 Å². The maximum atomic E-state index is 13.4. The first kappa shape index (κ1) is 20.3. The van der Waals surface area contributed by atoms with E-state index in [0.717, 1.165) is 52.6 Å². The lowest BCUT2D eigenvalue weighted by atomic mass is 9.99. The molecule has 1 fully saturated rings. The summed E-state index contributed by atoms with van der Waals surface area (Å²) >= 11 is 1.43. The molecule has 0 saturated carbocycles. The van der Waals surface area contributed by atoms with Crippen molar-refractivity contribution in [3.8, 4) is 11.1 Å². The quantitative estimate of drug-likeness (QED) is 0.557. The van der Waals surface area contributed by atoms with Gasteiger partial charge in [0, 0.05) is 24.3 Å². The highest BCUT2D eigenvalue weighted by molar-refractivity contribution is 8.01. The molecule has 3 amide bonds. The van der Waals surface area contributed by atoms with Crippen molar-refractivity contribution in [2.75, 3.05) is 18.0 Å². The molecule has 0 spiro atoms. The Kier molecular flexibility index (Phi) is 5.04. The van der Waals surface area contributed by atoms with E-state index in [9.17, 15) is 9.59 Å². The second-order valence-electron chi connectivity index (χ2n) is 8.46. The molecule has 1 aromatic heterocycles. The lowest BCUT2D eigenvalue weighted by Gasteiger charge is -2.34. The summed E-state index contributed by atoms with van der Waals surface area (Å²) in [5.74, 6) is -0.0533. The van der Waals surface area contributed by atoms with Crippen LogP contribution in [0.1, 0.15) is 18.0 Å². The van der Waals surface area contributed by atoms with E-state index in [2.05, 4.69) is 33.1 Å². The number of aromatic nitrogens is 1. The smallest absolute Gasteiger partial charge is 0.327 e. The summed E-state index contributed by atoms with van der Waals surface area (Å²) in [5.41, 5.74) is 4.59. The van der Waals surface area contributed by atoms with E-state index in [1.54, 1.807) is 11.1 Å². The number of carbonyl (C=O) groups excluding carboxylic acids is 2. The van der Waals surface area contributed by atoms with Crippen LogP contribution in [-0.2, 0) is 4.79 Å². The van der Waals surface area contributed by atoms with Crippen LogP contribution in [0.4, 0.5) is 16.2 Å². The monoisotopic (exact) mass is 457 g/mol. The van der Waals surface area contributed by atoms with E-state index >= 15 is 0 Å². The van der Waals surface area contributed by atoms with Crippen molar-refractivity contribution in [2.45, 2.75) is 28.8 Å². The lowest BCUT2D eigenvalue weighted by Crippen LogP contribution is -2.50. The minimum Gasteiger partial charge on any atom is -0.351 e. The second-order valence-corrected chi connectivity index (χ2v) is 9.59. The minimum atomic E-state index is -0.434. The van der Waals surface area contributed by atoms with Crippen LogP contribution in [0.25, 0.3) is 11.1 Å². The first-order valence-electron chi connectivity index (χ1n) is 11.1. The Morgan fingerprint density at radius 1 is 1.09 bits per heavy atom. The highest BCUT2D eigenvalue weighted by Gasteiger charge is 2.46. The number of benzene rings is 2. The summed E-state index contributed by atoms with van der Waals surface area (Å²) in [4.78, 5) is 32.6. The Morgan fingerprint density at radius 3 is 2.76 bits per heavy atom. The summed E-state index contributed by atoms with van der Waals surface area (Å²) in [6.07, 6.45) is 2.63. The molecule has 1 saturated heterocycles. The van der Waals surface area contributed by atoms with E-state index in [4.69, 9.17) is 0 Å². The number of rotatable bonds is 4. The average molecular weight is 458 g/mol. The van der Waals surface area contributed by atoms with Crippen LogP contribution in [0.5, 0.6) is 0 Å². The van der Waals surface area contributed by atoms with E-state index in [1.807, 2.05) is 48.5 Å². The third-order valence-corrected chi connectivity index (χ3v) is 7.67. The van der Waals surface area contributed by atoms with Crippen LogP contribution in [0, 0.1) is 0 Å². The second kappa shape index (κ2) is 8.20. The molecule has 3 aliphatic heterocycles. The topological polar surface area (TPSA) is 86.4 Å². The molecule has 3 aromatic rings. The Balaban J connectivity index is 1.34. The Hall–Kier alpha value is -3.36. The molecule has 2 aromatic carbocycles. The van der Waals surface area contributed by atoms with Crippen molar-refractivity contribution in [1.82, 2.24) is 20.9 Å². The van der Waals surface area contributed by atoms with Gasteiger partial charge in [0.05, 0.1) is 17.4 Å². The molecule has 7 nitrogen and oxygen atoms in total. The molecule has 33 heavy (non-hydrogen) atoms. The number of pyridine rings is 1. The number of carbonyl (C=O) groups is 2. The minimum absolute atomic E-state index is 0.0533. The summed E-state index contributed by atoms with van der Waals surface area (Å²) in [5, 5.41) is 9.85. The largest absolute Gasteiger partial charge is 0.351 e. The van der Waals surface area contributed by atoms with Gasteiger partial charge >= 0.3 is 6.03 Å². The molecule has 3 aliphatic rings. The van der Waals surface area contributed by atoms with Gasteiger partial charge in [-0.15, -0.1) is 0 Å². The highest BCUT2D eigenvalue weighted by Crippen LogP contribution is 2.50. The fourth-order valence-electron chi connectivity index (χ4n) is 4.80. The molecular formula is C25H23N5O2S. The number of urea groups is 1. The molecule has 2 unspecified atom stereocenters. The lowest BCUT2D eigenvalue weighted by molar-refractivity contribution is -0.121. The van der Waals surface area contributed by atoms with Gasteiger partial charge in [-0.05, 0) is 42.3 Å². The van der Waals surface area contributed by atoms with E-state index in [-0.39, 0.29) is 18.0 Å². The van der Waals surface area contributed by atoms with Crippen LogP contribution in [0.3, 0.4) is 0 Å². The van der Waals surface area contributed by atoms with E-state index in [1.165, 1.54) is 11.8 Å². The number of nitrogens with zero attached hydrogens (tertiary/aromatic N) is 2. The number of nitrogens with one attached hydrogen (secondary N) is 3. The molecule has 8 heteroatoms. The fourth-order valence-corrected chi connectivity index (χ4v) is 6.03. The molecule has 6 rings (SSSR count). The number of amides is 3. The van der Waals surface area contributed by atoms with Gasteiger partial charge in [-0.1, -0.05) is 54.2 Å². The van der Waals surface area contributed by atoms with Gasteiger partial charge in [0.25, 0.3) is 0 Å². The summed E-state index contributed by atoms with van der Waals surface area (Å²) < 4.78 is 0. The standard InChI is InChI=1S/C25H23N5O2S/c31-23(28-17-9-11-26-14-17)22-21-20-19(10-12-27-24(20)33-22)30(25(32)29-21)18-8-4-7-16(13-18)15-5-2-1-3-6-15/h1-8,10,12-13,17,21-22,26H,9,11,14H2,(H,28,31)(H,29,32)/t17?,21?,22-/m1/s1. The van der Waals surface area contributed by atoms with Crippen molar-refractivity contribution < 1.29 is 9.59 Å². The van der Waals surface area contributed by atoms with Gasteiger partial charge < -0.3 is 16.0 Å². The number of hydrogen-bond donors (Lipinski definition) is 3. The van der Waals surface area contributed by atoms with Crippen molar-refractivity contribution >= 4 is 35.1 Å². The normalized spacial score (nSPS) is 23.2.